The zero-order valence-corrected chi connectivity index (χ0v) is 49.0. The first-order chi connectivity index (χ1) is 34.4. The third kappa shape index (κ3) is 50.4. The van der Waals surface area contributed by atoms with Gasteiger partial charge in [-0.1, -0.05) is 272 Å². The number of carbonyl (C=O) groups is 2. The number of ether oxygens (including phenoxy) is 1. The lowest BCUT2D eigenvalue weighted by Crippen LogP contribution is -2.32. The Bertz CT molecular complexity index is 925. The van der Waals surface area contributed by atoms with E-state index in [0.717, 1.165) is 71.4 Å². The van der Waals surface area contributed by atoms with E-state index in [1.807, 2.05) is 0 Å². The molecule has 0 aliphatic rings. The van der Waals surface area contributed by atoms with Gasteiger partial charge in [0.2, 0.25) is 11.8 Å². The zero-order chi connectivity index (χ0) is 51.1. The number of hydrogen-bond acceptors (Lipinski definition) is 4. The van der Waals surface area contributed by atoms with Crippen LogP contribution in [0.5, 0.6) is 0 Å². The number of carbonyl (C=O) groups excluding carboxylic acids is 2. The summed E-state index contributed by atoms with van der Waals surface area (Å²) in [6.45, 7) is 15.0. The molecule has 0 aromatic heterocycles. The van der Waals surface area contributed by atoms with Gasteiger partial charge in [-0.05, 0) is 78.4 Å². The molecule has 0 rings (SSSR count). The molecule has 418 valence electrons. The Kier molecular flexibility index (Phi) is 56.2. The second-order valence-electron chi connectivity index (χ2n) is 22.6. The van der Waals surface area contributed by atoms with Crippen LogP contribution in [0.2, 0.25) is 0 Å². The molecule has 0 bridgehead atoms. The fourth-order valence-electron chi connectivity index (χ4n) is 10.4. The molecule has 0 fully saturated rings. The molecule has 0 aromatic carbocycles. The van der Waals surface area contributed by atoms with Gasteiger partial charge in [0.15, 0.2) is 0 Å². The summed E-state index contributed by atoms with van der Waals surface area (Å²) in [7, 11) is 4.31. The van der Waals surface area contributed by atoms with Crippen LogP contribution in [-0.4, -0.2) is 86.0 Å². The minimum atomic E-state index is 0.388. The molecule has 0 aromatic rings. The van der Waals surface area contributed by atoms with Crippen molar-refractivity contribution in [1.29, 1.82) is 0 Å². The van der Waals surface area contributed by atoms with Crippen molar-refractivity contribution in [2.75, 3.05) is 53.4 Å². The summed E-state index contributed by atoms with van der Waals surface area (Å²) in [6.07, 6.45) is 62.3. The van der Waals surface area contributed by atoms with E-state index in [1.165, 1.54) is 283 Å². The monoisotopic (exact) mass is 988 g/mol. The van der Waals surface area contributed by atoms with Crippen LogP contribution in [0.15, 0.2) is 0 Å². The van der Waals surface area contributed by atoms with E-state index in [9.17, 15) is 9.59 Å². The van der Waals surface area contributed by atoms with Gasteiger partial charge in [0.1, 0.15) is 0 Å². The molecule has 0 radical (unpaired) electrons. The summed E-state index contributed by atoms with van der Waals surface area (Å²) in [5, 5.41) is 0. The third-order valence-corrected chi connectivity index (χ3v) is 15.3. The summed E-state index contributed by atoms with van der Waals surface area (Å²) in [5.41, 5.74) is 0. The van der Waals surface area contributed by atoms with Crippen LogP contribution in [0.3, 0.4) is 0 Å². The van der Waals surface area contributed by atoms with Crippen LogP contribution in [0.1, 0.15) is 342 Å². The van der Waals surface area contributed by atoms with Gasteiger partial charge in [0.05, 0.1) is 6.10 Å². The topological polar surface area (TPSA) is 53.1 Å². The molecular formula is C64H129N3O3. The SMILES string of the molecule is CCCCCCCCCCN(CCCCCCCCCC)C(=O)CCCCCCCCC(CCCCCCCCC(=O)N(CCCCCCCCCC)CCCCCCCCCC)OCCCN(C)C. The van der Waals surface area contributed by atoms with Crippen LogP contribution in [0.4, 0.5) is 0 Å². The lowest BCUT2D eigenvalue weighted by molar-refractivity contribution is -0.132. The van der Waals surface area contributed by atoms with Crippen molar-refractivity contribution >= 4 is 11.8 Å². The molecule has 70 heavy (non-hydrogen) atoms. The van der Waals surface area contributed by atoms with Gasteiger partial charge in [-0.3, -0.25) is 9.59 Å². The molecule has 0 heterocycles. The molecule has 0 N–H and O–H groups in total. The van der Waals surface area contributed by atoms with Crippen molar-refractivity contribution in [2.24, 2.45) is 0 Å². The van der Waals surface area contributed by atoms with Crippen molar-refractivity contribution in [3.63, 3.8) is 0 Å². The maximum atomic E-state index is 13.4. The van der Waals surface area contributed by atoms with E-state index < -0.39 is 0 Å². The lowest BCUT2D eigenvalue weighted by atomic mass is 10.0. The normalized spacial score (nSPS) is 11.7. The largest absolute Gasteiger partial charge is 0.378 e. The Balaban J connectivity index is 4.58. The van der Waals surface area contributed by atoms with E-state index in [0.29, 0.717) is 17.9 Å². The minimum Gasteiger partial charge on any atom is -0.378 e. The van der Waals surface area contributed by atoms with Crippen LogP contribution < -0.4 is 0 Å². The van der Waals surface area contributed by atoms with E-state index in [4.69, 9.17) is 4.74 Å². The Morgan fingerprint density at radius 2 is 0.543 bits per heavy atom. The summed E-state index contributed by atoms with van der Waals surface area (Å²) in [5.74, 6) is 0.844. The van der Waals surface area contributed by atoms with Gasteiger partial charge in [-0.2, -0.15) is 0 Å². The van der Waals surface area contributed by atoms with Gasteiger partial charge in [-0.25, -0.2) is 0 Å². The molecule has 2 amide bonds. The van der Waals surface area contributed by atoms with E-state index in [2.05, 4.69) is 56.5 Å². The van der Waals surface area contributed by atoms with Crippen molar-refractivity contribution in [3.05, 3.63) is 0 Å². The first-order valence-corrected chi connectivity index (χ1v) is 32.2. The first-order valence-electron chi connectivity index (χ1n) is 32.2. The van der Waals surface area contributed by atoms with Crippen molar-refractivity contribution in [3.8, 4) is 0 Å². The molecule has 0 saturated carbocycles. The molecule has 6 nitrogen and oxygen atoms in total. The fraction of sp³-hybridized carbons (Fsp3) is 0.969. The van der Waals surface area contributed by atoms with Gasteiger partial charge in [0, 0.05) is 45.6 Å². The minimum absolute atomic E-state index is 0.388. The van der Waals surface area contributed by atoms with E-state index >= 15 is 0 Å². The van der Waals surface area contributed by atoms with Gasteiger partial charge in [-0.15, -0.1) is 0 Å². The third-order valence-electron chi connectivity index (χ3n) is 15.3. The Morgan fingerprint density at radius 1 is 0.300 bits per heavy atom. The molecular weight excluding hydrogens is 859 g/mol. The second kappa shape index (κ2) is 57.1. The van der Waals surface area contributed by atoms with Crippen molar-refractivity contribution < 1.29 is 14.3 Å². The molecule has 0 aliphatic carbocycles. The Hall–Kier alpha value is -1.14. The molecule has 0 atom stereocenters. The summed E-state index contributed by atoms with van der Waals surface area (Å²) in [4.78, 5) is 33.6. The Labute approximate surface area is 440 Å². The first kappa shape index (κ1) is 68.9. The van der Waals surface area contributed by atoms with Gasteiger partial charge < -0.3 is 19.4 Å². The standard InChI is InChI=1S/C64H129N3O3/c1-7-11-15-19-23-31-39-47-57-66(58-48-40-32-24-20-16-12-8-2)63(68)54-45-37-29-27-35-43-52-62(70-61-51-56-65(5)6)53-44-36-28-30-38-46-55-64(69)67(59-49-41-33-25-21-17-13-9-3)60-50-42-34-26-22-18-14-10-4/h62H,7-61H2,1-6H3. The number of nitrogens with zero attached hydrogens (tertiary/aromatic N) is 3. The molecule has 0 aliphatic heterocycles. The van der Waals surface area contributed by atoms with Gasteiger partial charge >= 0.3 is 0 Å². The molecule has 0 saturated heterocycles. The highest BCUT2D eigenvalue weighted by Crippen LogP contribution is 2.20. The maximum Gasteiger partial charge on any atom is 0.222 e. The second-order valence-corrected chi connectivity index (χ2v) is 22.6. The lowest BCUT2D eigenvalue weighted by Gasteiger charge is -2.23. The predicted octanol–water partition coefficient (Wildman–Crippen LogP) is 19.8. The van der Waals surface area contributed by atoms with Gasteiger partial charge in [0.25, 0.3) is 0 Å². The van der Waals surface area contributed by atoms with Crippen LogP contribution in [0.25, 0.3) is 0 Å². The quantitative estimate of drug-likeness (QED) is 0.0570. The van der Waals surface area contributed by atoms with Crippen molar-refractivity contribution in [1.82, 2.24) is 14.7 Å². The highest BCUT2D eigenvalue weighted by atomic mass is 16.5. The fourth-order valence-corrected chi connectivity index (χ4v) is 10.4. The van der Waals surface area contributed by atoms with Crippen LogP contribution in [0, 0.1) is 0 Å². The van der Waals surface area contributed by atoms with E-state index in [-0.39, 0.29) is 0 Å². The van der Waals surface area contributed by atoms with Crippen LogP contribution in [-0.2, 0) is 14.3 Å². The van der Waals surface area contributed by atoms with Crippen molar-refractivity contribution in [2.45, 2.75) is 348 Å². The Morgan fingerprint density at radius 3 is 0.814 bits per heavy atom. The highest BCUT2D eigenvalue weighted by molar-refractivity contribution is 5.76. The smallest absolute Gasteiger partial charge is 0.222 e. The number of rotatable bonds is 59. The zero-order valence-electron chi connectivity index (χ0n) is 49.0. The number of hydrogen-bond donors (Lipinski definition) is 0. The number of unbranched alkanes of at least 4 members (excludes halogenated alkanes) is 38. The number of amides is 2. The molecule has 0 spiro atoms. The average molecular weight is 989 g/mol. The summed E-state index contributed by atoms with van der Waals surface area (Å²) >= 11 is 0. The maximum absolute atomic E-state index is 13.4. The average Bonchev–Trinajstić information content (AvgIpc) is 3.35. The summed E-state index contributed by atoms with van der Waals surface area (Å²) < 4.78 is 6.51. The van der Waals surface area contributed by atoms with E-state index in [1.54, 1.807) is 0 Å². The highest BCUT2D eigenvalue weighted by Gasteiger charge is 2.15. The summed E-state index contributed by atoms with van der Waals surface area (Å²) in [6, 6.07) is 0. The van der Waals surface area contributed by atoms with Crippen LogP contribution >= 0.6 is 0 Å². The molecule has 0 unspecified atom stereocenters. The predicted molar refractivity (Wildman–Crippen MR) is 310 cm³/mol. The molecule has 6 heteroatoms.